The molecule has 0 radical (unpaired) electrons. The standard InChI is InChI=1S/C23H21F7N6O/c1-12-10-34(19-15-3-2-13(22(25,26)27)8-17(15)31-9-16(19)24)5-4-14(12)20(37)35-6-7-36-18(11-35)32-33-21(36)23(28,29)30/h2-3,8-9,12,14H,4-7,10-11H2,1H3. The zero-order valence-electron chi connectivity index (χ0n) is 19.4. The Hall–Kier alpha value is -3.45. The van der Waals surface area contributed by atoms with Crippen molar-refractivity contribution in [2.45, 2.75) is 38.8 Å². The largest absolute Gasteiger partial charge is 0.451 e. The molecule has 0 N–H and O–H groups in total. The number of alkyl halides is 6. The van der Waals surface area contributed by atoms with E-state index in [1.165, 1.54) is 11.0 Å². The monoisotopic (exact) mass is 530 g/mol. The molecule has 37 heavy (non-hydrogen) atoms. The molecule has 2 aromatic heterocycles. The molecule has 14 heteroatoms. The Labute approximate surface area is 205 Å². The number of carbonyl (C=O) groups is 1. The first-order valence-corrected chi connectivity index (χ1v) is 11.5. The van der Waals surface area contributed by atoms with Crippen LogP contribution in [0.15, 0.2) is 24.4 Å². The molecule has 0 aliphatic carbocycles. The number of benzene rings is 1. The maximum absolute atomic E-state index is 14.8. The summed E-state index contributed by atoms with van der Waals surface area (Å²) in [6, 6.07) is 2.95. The molecule has 2 aliphatic rings. The Morgan fingerprint density at radius 3 is 2.46 bits per heavy atom. The number of amides is 1. The van der Waals surface area contributed by atoms with Crippen molar-refractivity contribution < 1.29 is 35.5 Å². The lowest BCUT2D eigenvalue weighted by Gasteiger charge is -2.40. The number of hydrogen-bond donors (Lipinski definition) is 0. The normalized spacial score (nSPS) is 20.9. The minimum absolute atomic E-state index is 0.00716. The maximum Gasteiger partial charge on any atom is 0.451 e. The van der Waals surface area contributed by atoms with Crippen LogP contribution in [0.4, 0.5) is 36.4 Å². The molecule has 198 valence electrons. The third-order valence-electron chi connectivity index (χ3n) is 6.98. The summed E-state index contributed by atoms with van der Waals surface area (Å²) in [5, 5.41) is 7.07. The molecule has 0 spiro atoms. The van der Waals surface area contributed by atoms with Crippen molar-refractivity contribution in [2.75, 3.05) is 24.5 Å². The van der Waals surface area contributed by atoms with Crippen molar-refractivity contribution in [1.82, 2.24) is 24.6 Å². The lowest BCUT2D eigenvalue weighted by Crippen LogP contribution is -2.49. The third-order valence-corrected chi connectivity index (χ3v) is 6.98. The number of anilines is 1. The number of aromatic nitrogens is 4. The van der Waals surface area contributed by atoms with E-state index in [4.69, 9.17) is 0 Å². The Bertz CT molecular complexity index is 1350. The van der Waals surface area contributed by atoms with Crippen molar-refractivity contribution in [1.29, 1.82) is 0 Å². The number of nitrogens with zero attached hydrogens (tertiary/aromatic N) is 6. The second kappa shape index (κ2) is 8.84. The molecule has 1 saturated heterocycles. The van der Waals surface area contributed by atoms with Gasteiger partial charge in [-0.25, -0.2) is 4.39 Å². The van der Waals surface area contributed by atoms with Gasteiger partial charge >= 0.3 is 12.4 Å². The Balaban J connectivity index is 1.32. The summed E-state index contributed by atoms with van der Waals surface area (Å²) >= 11 is 0. The molecular weight excluding hydrogens is 509 g/mol. The van der Waals surface area contributed by atoms with Gasteiger partial charge < -0.3 is 14.4 Å². The van der Waals surface area contributed by atoms with Crippen LogP contribution in [0.25, 0.3) is 10.9 Å². The third kappa shape index (κ3) is 4.57. The second-order valence-electron chi connectivity index (χ2n) is 9.35. The molecule has 1 amide bonds. The Morgan fingerprint density at radius 2 is 1.78 bits per heavy atom. The lowest BCUT2D eigenvalue weighted by atomic mass is 9.85. The van der Waals surface area contributed by atoms with Gasteiger partial charge in [-0.2, -0.15) is 26.3 Å². The summed E-state index contributed by atoms with van der Waals surface area (Å²) in [6.07, 6.45) is -7.98. The molecular formula is C23H21F7N6O. The highest BCUT2D eigenvalue weighted by molar-refractivity contribution is 5.92. The van der Waals surface area contributed by atoms with Crippen LogP contribution in [-0.2, 0) is 30.2 Å². The van der Waals surface area contributed by atoms with Gasteiger partial charge in [0.05, 0.1) is 29.5 Å². The quantitative estimate of drug-likeness (QED) is 0.457. The smallest absolute Gasteiger partial charge is 0.368 e. The zero-order valence-corrected chi connectivity index (χ0v) is 19.4. The van der Waals surface area contributed by atoms with Gasteiger partial charge in [0.1, 0.15) is 0 Å². The second-order valence-corrected chi connectivity index (χ2v) is 9.35. The van der Waals surface area contributed by atoms with Crippen molar-refractivity contribution >= 4 is 22.5 Å². The molecule has 4 heterocycles. The fourth-order valence-electron chi connectivity index (χ4n) is 5.16. The van der Waals surface area contributed by atoms with Gasteiger partial charge in [0, 0.05) is 37.5 Å². The molecule has 3 aromatic rings. The number of carbonyl (C=O) groups excluding carboxylic acids is 1. The number of halogens is 7. The van der Waals surface area contributed by atoms with E-state index in [1.807, 2.05) is 6.92 Å². The van der Waals surface area contributed by atoms with E-state index < -0.39 is 35.5 Å². The van der Waals surface area contributed by atoms with Crippen LogP contribution in [0.2, 0.25) is 0 Å². The van der Waals surface area contributed by atoms with E-state index in [1.54, 1.807) is 4.90 Å². The summed E-state index contributed by atoms with van der Waals surface area (Å²) < 4.78 is 94.4. The highest BCUT2D eigenvalue weighted by Crippen LogP contribution is 2.37. The highest BCUT2D eigenvalue weighted by Gasteiger charge is 2.41. The van der Waals surface area contributed by atoms with Crippen LogP contribution in [-0.4, -0.2) is 50.2 Å². The molecule has 2 atom stereocenters. The SMILES string of the molecule is CC1CN(c2c(F)cnc3cc(C(F)(F)F)ccc23)CCC1C(=O)N1CCn2c(nnc2C(F)(F)F)C1. The minimum atomic E-state index is -4.64. The average Bonchev–Trinajstić information content (AvgIpc) is 3.26. The van der Waals surface area contributed by atoms with Crippen LogP contribution in [0, 0.1) is 17.7 Å². The summed E-state index contributed by atoms with van der Waals surface area (Å²) in [5.41, 5.74) is -0.752. The number of hydrogen-bond acceptors (Lipinski definition) is 5. The first-order valence-electron chi connectivity index (χ1n) is 11.5. The van der Waals surface area contributed by atoms with E-state index in [0.29, 0.717) is 6.42 Å². The van der Waals surface area contributed by atoms with E-state index in [-0.39, 0.29) is 67.0 Å². The first-order chi connectivity index (χ1) is 17.3. The molecule has 7 nitrogen and oxygen atoms in total. The van der Waals surface area contributed by atoms with Crippen LogP contribution in [0.5, 0.6) is 0 Å². The Morgan fingerprint density at radius 1 is 1.03 bits per heavy atom. The molecule has 2 unspecified atom stereocenters. The molecule has 5 rings (SSSR count). The molecule has 1 fully saturated rings. The van der Waals surface area contributed by atoms with Crippen molar-refractivity contribution in [3.63, 3.8) is 0 Å². The lowest BCUT2D eigenvalue weighted by molar-refractivity contribution is -0.148. The fourth-order valence-corrected chi connectivity index (χ4v) is 5.16. The van der Waals surface area contributed by atoms with Gasteiger partial charge in [-0.05, 0) is 24.5 Å². The molecule has 0 bridgehead atoms. The van der Waals surface area contributed by atoms with Gasteiger partial charge in [0.2, 0.25) is 11.7 Å². The van der Waals surface area contributed by atoms with E-state index >= 15 is 0 Å². The number of rotatable bonds is 2. The first kappa shape index (κ1) is 25.2. The fraction of sp³-hybridized carbons (Fsp3) is 0.478. The Kier molecular flexibility index (Phi) is 6.02. The summed E-state index contributed by atoms with van der Waals surface area (Å²) in [5.74, 6) is -2.67. The molecule has 1 aromatic carbocycles. The van der Waals surface area contributed by atoms with Crippen molar-refractivity contribution in [3.05, 3.63) is 47.4 Å². The van der Waals surface area contributed by atoms with Gasteiger partial charge in [-0.15, -0.1) is 10.2 Å². The topological polar surface area (TPSA) is 67.2 Å². The molecule has 0 saturated carbocycles. The zero-order chi connectivity index (χ0) is 26.7. The average molecular weight is 530 g/mol. The summed E-state index contributed by atoms with van der Waals surface area (Å²) in [4.78, 5) is 20.2. The minimum Gasteiger partial charge on any atom is -0.368 e. The predicted molar refractivity (Wildman–Crippen MR) is 117 cm³/mol. The van der Waals surface area contributed by atoms with Crippen LogP contribution in [0.3, 0.4) is 0 Å². The van der Waals surface area contributed by atoms with Gasteiger partial charge in [-0.3, -0.25) is 9.78 Å². The van der Waals surface area contributed by atoms with Crippen molar-refractivity contribution in [2.24, 2.45) is 11.8 Å². The predicted octanol–water partition coefficient (Wildman–Crippen LogP) is 4.51. The number of piperidine rings is 1. The van der Waals surface area contributed by atoms with E-state index in [9.17, 15) is 35.5 Å². The van der Waals surface area contributed by atoms with Gasteiger partial charge in [-0.1, -0.05) is 13.0 Å². The molecule has 2 aliphatic heterocycles. The van der Waals surface area contributed by atoms with Gasteiger partial charge in [0.15, 0.2) is 11.6 Å². The van der Waals surface area contributed by atoms with Crippen LogP contribution < -0.4 is 4.90 Å². The summed E-state index contributed by atoms with van der Waals surface area (Å²) in [7, 11) is 0. The number of fused-ring (bicyclic) bond motifs is 2. The maximum atomic E-state index is 14.8. The van der Waals surface area contributed by atoms with E-state index in [2.05, 4.69) is 15.2 Å². The van der Waals surface area contributed by atoms with Gasteiger partial charge in [0.25, 0.3) is 0 Å². The van der Waals surface area contributed by atoms with Crippen molar-refractivity contribution in [3.8, 4) is 0 Å². The summed E-state index contributed by atoms with van der Waals surface area (Å²) in [6.45, 7) is 2.23. The highest BCUT2D eigenvalue weighted by atomic mass is 19.4. The van der Waals surface area contributed by atoms with Crippen LogP contribution in [0.1, 0.15) is 30.6 Å². The number of pyridine rings is 1. The van der Waals surface area contributed by atoms with E-state index in [0.717, 1.165) is 22.9 Å². The van der Waals surface area contributed by atoms with Crippen LogP contribution >= 0.6 is 0 Å².